The first kappa shape index (κ1) is 12.9. The Morgan fingerprint density at radius 1 is 1.15 bits per heavy atom. The van der Waals surface area contributed by atoms with E-state index in [9.17, 15) is 0 Å². The molecule has 1 aliphatic carbocycles. The number of nitrogens with two attached hydrogens (primary N) is 1. The first-order valence-electron chi connectivity index (χ1n) is 7.09. The van der Waals surface area contributed by atoms with Crippen LogP contribution in [0.1, 0.15) is 36.5 Å². The summed E-state index contributed by atoms with van der Waals surface area (Å²) in [5.41, 5.74) is 9.86. The molecule has 0 saturated heterocycles. The lowest BCUT2D eigenvalue weighted by Crippen LogP contribution is -2.22. The Morgan fingerprint density at radius 3 is 2.40 bits per heavy atom. The highest BCUT2D eigenvalue weighted by molar-refractivity contribution is 5.57. The average molecular weight is 268 g/mol. The van der Waals surface area contributed by atoms with Crippen LogP contribution in [0.25, 0.3) is 0 Å². The predicted octanol–water partition coefficient (Wildman–Crippen LogP) is 2.76. The van der Waals surface area contributed by atoms with Crippen LogP contribution in [0.15, 0.2) is 30.6 Å². The van der Waals surface area contributed by atoms with Gasteiger partial charge in [-0.15, -0.1) is 0 Å². The van der Waals surface area contributed by atoms with Crippen LogP contribution in [0, 0.1) is 0 Å². The summed E-state index contributed by atoms with van der Waals surface area (Å²) < 4.78 is 0. The number of hydrogen-bond acceptors (Lipinski definition) is 4. The fourth-order valence-electron chi connectivity index (χ4n) is 2.95. The van der Waals surface area contributed by atoms with Crippen LogP contribution in [-0.2, 0) is 12.8 Å². The maximum absolute atomic E-state index is 5.99. The molecule has 3 rings (SSSR count). The zero-order valence-corrected chi connectivity index (χ0v) is 11.9. The minimum Gasteiger partial charge on any atom is -0.383 e. The van der Waals surface area contributed by atoms with Gasteiger partial charge in [-0.2, -0.15) is 0 Å². The van der Waals surface area contributed by atoms with Crippen LogP contribution in [-0.4, -0.2) is 16.0 Å². The van der Waals surface area contributed by atoms with Gasteiger partial charge in [0, 0.05) is 11.6 Å². The molecule has 4 nitrogen and oxygen atoms in total. The van der Waals surface area contributed by atoms with Crippen LogP contribution in [0.5, 0.6) is 0 Å². The fourth-order valence-corrected chi connectivity index (χ4v) is 2.95. The first-order valence-corrected chi connectivity index (χ1v) is 7.09. The molecule has 0 amide bonds. The molecule has 1 aromatic heterocycles. The third-order valence-electron chi connectivity index (χ3n) is 3.88. The maximum Gasteiger partial charge on any atom is 0.135 e. The lowest BCUT2D eigenvalue weighted by Gasteiger charge is -2.18. The van der Waals surface area contributed by atoms with Crippen molar-refractivity contribution in [2.45, 2.75) is 38.6 Å². The van der Waals surface area contributed by atoms with Crippen molar-refractivity contribution in [1.29, 1.82) is 0 Å². The van der Waals surface area contributed by atoms with Gasteiger partial charge < -0.3 is 11.1 Å². The summed E-state index contributed by atoms with van der Waals surface area (Å²) in [5, 5.41) is 3.55. The zero-order valence-electron chi connectivity index (χ0n) is 11.9. The zero-order chi connectivity index (χ0) is 14.1. The lowest BCUT2D eigenvalue weighted by molar-refractivity contribution is 0.757. The summed E-state index contributed by atoms with van der Waals surface area (Å²) >= 11 is 0. The van der Waals surface area contributed by atoms with Gasteiger partial charge in [0.1, 0.15) is 18.0 Å². The molecule has 0 atom stereocenters. The minimum atomic E-state index is 0.308. The van der Waals surface area contributed by atoms with Crippen LogP contribution < -0.4 is 11.1 Å². The number of nitrogens with zero attached hydrogens (tertiary/aromatic N) is 2. The van der Waals surface area contributed by atoms with E-state index in [0.29, 0.717) is 17.8 Å². The number of nitrogens with one attached hydrogen (secondary N) is 1. The Balaban J connectivity index is 1.82. The highest BCUT2D eigenvalue weighted by Gasteiger charge is 2.23. The molecule has 0 radical (unpaired) electrons. The molecule has 0 saturated carbocycles. The number of fused-ring (bicyclic) bond motifs is 1. The quantitative estimate of drug-likeness (QED) is 0.898. The summed E-state index contributed by atoms with van der Waals surface area (Å²) in [6.07, 6.45) is 3.61. The fraction of sp³-hybridized carbons (Fsp3) is 0.375. The highest BCUT2D eigenvalue weighted by atomic mass is 15.1. The summed E-state index contributed by atoms with van der Waals surface area (Å²) in [4.78, 5) is 8.49. The van der Waals surface area contributed by atoms with Crippen LogP contribution in [0.4, 0.5) is 11.6 Å². The Labute approximate surface area is 119 Å². The Hall–Kier alpha value is -2.10. The third kappa shape index (κ3) is 2.33. The van der Waals surface area contributed by atoms with Crippen molar-refractivity contribution < 1.29 is 0 Å². The minimum absolute atomic E-state index is 0.308. The van der Waals surface area contributed by atoms with Gasteiger partial charge in [-0.1, -0.05) is 38.1 Å². The van der Waals surface area contributed by atoms with Crippen LogP contribution in [0.2, 0.25) is 0 Å². The van der Waals surface area contributed by atoms with Crippen molar-refractivity contribution in [3.8, 4) is 0 Å². The molecule has 2 aromatic rings. The molecule has 0 aliphatic heterocycles. The molecule has 0 fully saturated rings. The summed E-state index contributed by atoms with van der Waals surface area (Å²) in [6, 6.07) is 9.00. The SMILES string of the molecule is CC(C)c1c(N)ncnc1NC1Cc2ccccc2C1. The maximum atomic E-state index is 5.99. The molecule has 1 heterocycles. The monoisotopic (exact) mass is 268 g/mol. The first-order chi connectivity index (χ1) is 9.65. The number of hydrogen-bond donors (Lipinski definition) is 2. The smallest absolute Gasteiger partial charge is 0.135 e. The molecular formula is C16H20N4. The second kappa shape index (κ2) is 5.12. The lowest BCUT2D eigenvalue weighted by atomic mass is 10.0. The van der Waals surface area contributed by atoms with Crippen molar-refractivity contribution in [3.05, 3.63) is 47.3 Å². The van der Waals surface area contributed by atoms with E-state index in [1.54, 1.807) is 0 Å². The third-order valence-corrected chi connectivity index (χ3v) is 3.88. The molecule has 1 aromatic carbocycles. The largest absolute Gasteiger partial charge is 0.383 e. The van der Waals surface area contributed by atoms with Crippen molar-refractivity contribution in [2.24, 2.45) is 0 Å². The van der Waals surface area contributed by atoms with Gasteiger partial charge in [-0.3, -0.25) is 0 Å². The molecule has 0 unspecified atom stereocenters. The van der Waals surface area contributed by atoms with Crippen molar-refractivity contribution in [3.63, 3.8) is 0 Å². The Kier molecular flexibility index (Phi) is 3.30. The molecule has 104 valence electrons. The number of rotatable bonds is 3. The second-order valence-corrected chi connectivity index (χ2v) is 5.69. The van der Waals surface area contributed by atoms with Gasteiger partial charge in [-0.05, 0) is 29.9 Å². The summed E-state index contributed by atoms with van der Waals surface area (Å²) in [5.74, 6) is 1.76. The van der Waals surface area contributed by atoms with Gasteiger partial charge in [0.25, 0.3) is 0 Å². The molecule has 3 N–H and O–H groups in total. The normalized spacial score (nSPS) is 14.6. The summed E-state index contributed by atoms with van der Waals surface area (Å²) in [7, 11) is 0. The van der Waals surface area contributed by atoms with E-state index in [1.165, 1.54) is 17.5 Å². The average Bonchev–Trinajstić information content (AvgIpc) is 2.80. The Morgan fingerprint density at radius 2 is 1.80 bits per heavy atom. The summed E-state index contributed by atoms with van der Waals surface area (Å²) in [6.45, 7) is 4.23. The van der Waals surface area contributed by atoms with Gasteiger partial charge in [0.2, 0.25) is 0 Å². The number of benzene rings is 1. The van der Waals surface area contributed by atoms with E-state index < -0.39 is 0 Å². The molecule has 1 aliphatic rings. The van der Waals surface area contributed by atoms with Gasteiger partial charge >= 0.3 is 0 Å². The van der Waals surface area contributed by atoms with Gasteiger partial charge in [0.05, 0.1) is 0 Å². The number of nitrogen functional groups attached to an aromatic ring is 1. The molecule has 20 heavy (non-hydrogen) atoms. The van der Waals surface area contributed by atoms with E-state index in [-0.39, 0.29) is 0 Å². The standard InChI is InChI=1S/C16H20N4/c1-10(2)14-15(17)18-9-19-16(14)20-13-7-11-5-3-4-6-12(11)8-13/h3-6,9-10,13H,7-8H2,1-2H3,(H3,17,18,19,20). The van der Waals surface area contributed by atoms with E-state index >= 15 is 0 Å². The molecule has 0 bridgehead atoms. The van der Waals surface area contributed by atoms with Crippen LogP contribution in [0.3, 0.4) is 0 Å². The second-order valence-electron chi connectivity index (χ2n) is 5.69. The van der Waals surface area contributed by atoms with Crippen molar-refractivity contribution >= 4 is 11.6 Å². The van der Waals surface area contributed by atoms with E-state index in [2.05, 4.69) is 53.4 Å². The van der Waals surface area contributed by atoms with Crippen LogP contribution >= 0.6 is 0 Å². The topological polar surface area (TPSA) is 63.8 Å². The number of anilines is 2. The molecule has 0 spiro atoms. The molecule has 4 heteroatoms. The Bertz CT molecular complexity index is 597. The van der Waals surface area contributed by atoms with Crippen molar-refractivity contribution in [1.82, 2.24) is 9.97 Å². The predicted molar refractivity (Wildman–Crippen MR) is 81.8 cm³/mol. The van der Waals surface area contributed by atoms with Crippen molar-refractivity contribution in [2.75, 3.05) is 11.1 Å². The van der Waals surface area contributed by atoms with E-state index in [1.807, 2.05) is 0 Å². The van der Waals surface area contributed by atoms with Gasteiger partial charge in [0.15, 0.2) is 0 Å². The highest BCUT2D eigenvalue weighted by Crippen LogP contribution is 2.29. The molecular weight excluding hydrogens is 248 g/mol. The van der Waals surface area contributed by atoms with E-state index in [0.717, 1.165) is 24.2 Å². The number of aromatic nitrogens is 2. The van der Waals surface area contributed by atoms with E-state index in [4.69, 9.17) is 5.73 Å². The van der Waals surface area contributed by atoms with Gasteiger partial charge in [-0.25, -0.2) is 9.97 Å².